The molecular formula is C13H29NO2Si. The Labute approximate surface area is 108 Å². The summed E-state index contributed by atoms with van der Waals surface area (Å²) >= 11 is 0. The molecule has 0 atom stereocenters. The van der Waals surface area contributed by atoms with Crippen molar-refractivity contribution in [3.8, 4) is 0 Å². The van der Waals surface area contributed by atoms with E-state index in [1.165, 1.54) is 57.4 Å². The predicted molar refractivity (Wildman–Crippen MR) is 76.0 cm³/mol. The summed E-state index contributed by atoms with van der Waals surface area (Å²) in [6.45, 7) is 0. The van der Waals surface area contributed by atoms with Gasteiger partial charge in [0.05, 0.1) is 9.68 Å². The minimum atomic E-state index is -0.662. The van der Waals surface area contributed by atoms with Gasteiger partial charge < -0.3 is 10.5 Å². The van der Waals surface area contributed by atoms with Gasteiger partial charge in [-0.2, -0.15) is 0 Å². The second-order valence-electron chi connectivity index (χ2n) is 4.82. The van der Waals surface area contributed by atoms with Gasteiger partial charge in [-0.25, -0.2) is 0 Å². The van der Waals surface area contributed by atoms with Gasteiger partial charge in [-0.3, -0.25) is 4.79 Å². The van der Waals surface area contributed by atoms with Gasteiger partial charge in [0.2, 0.25) is 0 Å². The Morgan fingerprint density at radius 1 is 0.824 bits per heavy atom. The van der Waals surface area contributed by atoms with Crippen LogP contribution in [0.1, 0.15) is 70.6 Å². The Morgan fingerprint density at radius 2 is 1.24 bits per heavy atom. The molecule has 0 aliphatic rings. The first-order chi connectivity index (χ1) is 8.27. The molecule has 4 heteroatoms. The van der Waals surface area contributed by atoms with Crippen molar-refractivity contribution in [3.63, 3.8) is 0 Å². The van der Waals surface area contributed by atoms with E-state index >= 15 is 0 Å². The Bertz CT molecular complexity index is 177. The summed E-state index contributed by atoms with van der Waals surface area (Å²) in [6.07, 6.45) is 12.8. The summed E-state index contributed by atoms with van der Waals surface area (Å²) < 4.78 is 0. The van der Waals surface area contributed by atoms with E-state index in [4.69, 9.17) is 10.5 Å². The van der Waals surface area contributed by atoms with Crippen LogP contribution in [0.5, 0.6) is 0 Å². The number of aliphatic carboxylic acids is 1. The highest BCUT2D eigenvalue weighted by atomic mass is 28.2. The molecule has 0 saturated heterocycles. The fourth-order valence-corrected chi connectivity index (χ4v) is 2.65. The highest BCUT2D eigenvalue weighted by Crippen LogP contribution is 2.11. The van der Waals surface area contributed by atoms with Gasteiger partial charge in [-0.15, -0.1) is 0 Å². The quantitative estimate of drug-likeness (QED) is 0.395. The van der Waals surface area contributed by atoms with E-state index in [9.17, 15) is 4.79 Å². The van der Waals surface area contributed by atoms with Crippen LogP contribution in [0.25, 0.3) is 0 Å². The zero-order valence-electron chi connectivity index (χ0n) is 11.1. The molecule has 102 valence electrons. The van der Waals surface area contributed by atoms with Crippen molar-refractivity contribution in [2.75, 3.05) is 0 Å². The molecule has 0 radical (unpaired) electrons. The van der Waals surface area contributed by atoms with Crippen LogP contribution >= 0.6 is 0 Å². The fourth-order valence-electron chi connectivity index (χ4n) is 2.01. The highest BCUT2D eigenvalue weighted by molar-refractivity contribution is 6.30. The SMILES string of the molecule is N[SiH2]CCCCCCCCCCCCC(=O)O. The predicted octanol–water partition coefficient (Wildman–Crippen LogP) is 2.82. The van der Waals surface area contributed by atoms with Crippen LogP contribution in [0.2, 0.25) is 6.04 Å². The third-order valence-corrected chi connectivity index (χ3v) is 4.00. The van der Waals surface area contributed by atoms with E-state index in [1.807, 2.05) is 0 Å². The molecule has 0 bridgehead atoms. The monoisotopic (exact) mass is 259 g/mol. The first kappa shape index (κ1) is 16.6. The number of hydrogen-bond donors (Lipinski definition) is 2. The molecule has 0 unspecified atom stereocenters. The summed E-state index contributed by atoms with van der Waals surface area (Å²) in [5.74, 6) is -0.662. The molecule has 0 fully saturated rings. The average molecular weight is 259 g/mol. The van der Waals surface area contributed by atoms with Crippen molar-refractivity contribution < 1.29 is 9.90 Å². The molecule has 0 aromatic rings. The number of carboxylic acid groups (broad SMARTS) is 1. The number of carbonyl (C=O) groups is 1. The molecule has 3 nitrogen and oxygen atoms in total. The lowest BCUT2D eigenvalue weighted by atomic mass is 10.1. The maximum atomic E-state index is 10.3. The zero-order chi connectivity index (χ0) is 12.8. The second-order valence-corrected chi connectivity index (χ2v) is 6.11. The number of unbranched alkanes of at least 4 members (excludes halogenated alkanes) is 9. The summed E-state index contributed by atoms with van der Waals surface area (Å²) in [5, 5.41) is 14.0. The smallest absolute Gasteiger partial charge is 0.303 e. The molecule has 0 saturated carbocycles. The third-order valence-electron chi connectivity index (χ3n) is 3.09. The van der Waals surface area contributed by atoms with Crippen molar-refractivity contribution in [2.45, 2.75) is 76.7 Å². The van der Waals surface area contributed by atoms with E-state index < -0.39 is 5.97 Å². The molecule has 0 amide bonds. The van der Waals surface area contributed by atoms with E-state index in [2.05, 4.69) is 0 Å². The minimum Gasteiger partial charge on any atom is -0.481 e. The molecule has 0 spiro atoms. The average Bonchev–Trinajstić information content (AvgIpc) is 2.30. The minimum absolute atomic E-state index is 0.190. The van der Waals surface area contributed by atoms with Crippen molar-refractivity contribution in [1.82, 2.24) is 0 Å². The maximum Gasteiger partial charge on any atom is 0.303 e. The highest BCUT2D eigenvalue weighted by Gasteiger charge is 1.96. The zero-order valence-corrected chi connectivity index (χ0v) is 12.5. The third kappa shape index (κ3) is 15.6. The van der Waals surface area contributed by atoms with Crippen LogP contribution in [-0.2, 0) is 4.79 Å². The van der Waals surface area contributed by atoms with E-state index in [1.54, 1.807) is 0 Å². The van der Waals surface area contributed by atoms with Crippen LogP contribution in [0.3, 0.4) is 0 Å². The standard InChI is InChI=1S/C13H29NO2Si/c14-17-12-10-8-6-4-2-1-3-5-7-9-11-13(15)16/h1-12,14,17H2,(H,15,16). The molecule has 0 aliphatic heterocycles. The van der Waals surface area contributed by atoms with Gasteiger partial charge in [0.1, 0.15) is 0 Å². The van der Waals surface area contributed by atoms with Gasteiger partial charge in [-0.1, -0.05) is 63.8 Å². The lowest BCUT2D eigenvalue weighted by Crippen LogP contribution is -2.02. The van der Waals surface area contributed by atoms with Crippen molar-refractivity contribution in [2.24, 2.45) is 5.40 Å². The van der Waals surface area contributed by atoms with Gasteiger partial charge in [0, 0.05) is 6.42 Å². The number of rotatable bonds is 13. The summed E-state index contributed by atoms with van der Waals surface area (Å²) in [4.78, 5) is 10.3. The van der Waals surface area contributed by atoms with Crippen LogP contribution in [0.4, 0.5) is 0 Å². The first-order valence-corrected chi connectivity index (χ1v) is 9.01. The number of carboxylic acids is 1. The molecule has 0 rings (SSSR count). The summed E-state index contributed by atoms with van der Waals surface area (Å²) in [7, 11) is -0.190. The van der Waals surface area contributed by atoms with Crippen LogP contribution < -0.4 is 5.40 Å². The van der Waals surface area contributed by atoms with Crippen LogP contribution in [0.15, 0.2) is 0 Å². The molecular weight excluding hydrogens is 230 g/mol. The Hall–Kier alpha value is -0.353. The maximum absolute atomic E-state index is 10.3. The fraction of sp³-hybridized carbons (Fsp3) is 0.923. The first-order valence-electron chi connectivity index (χ1n) is 7.19. The van der Waals surface area contributed by atoms with Gasteiger partial charge in [0.25, 0.3) is 0 Å². The Morgan fingerprint density at radius 3 is 1.65 bits per heavy atom. The lowest BCUT2D eigenvalue weighted by molar-refractivity contribution is -0.137. The van der Waals surface area contributed by atoms with Crippen molar-refractivity contribution in [3.05, 3.63) is 0 Å². The summed E-state index contributed by atoms with van der Waals surface area (Å²) in [6, 6.07) is 1.31. The van der Waals surface area contributed by atoms with E-state index in [0.717, 1.165) is 12.8 Å². The number of nitrogens with two attached hydrogens (primary N) is 1. The van der Waals surface area contributed by atoms with E-state index in [0.29, 0.717) is 6.42 Å². The topological polar surface area (TPSA) is 63.3 Å². The molecule has 3 N–H and O–H groups in total. The molecule has 0 heterocycles. The van der Waals surface area contributed by atoms with Gasteiger partial charge in [0.15, 0.2) is 0 Å². The second kappa shape index (κ2) is 13.7. The normalized spacial score (nSPS) is 11.4. The largest absolute Gasteiger partial charge is 0.481 e. The summed E-state index contributed by atoms with van der Waals surface area (Å²) in [5.41, 5.74) is 0. The molecule has 0 aliphatic carbocycles. The number of hydrogen-bond acceptors (Lipinski definition) is 2. The van der Waals surface area contributed by atoms with Crippen LogP contribution in [0, 0.1) is 0 Å². The molecule has 0 aromatic carbocycles. The Kier molecular flexibility index (Phi) is 13.4. The van der Waals surface area contributed by atoms with Gasteiger partial charge in [-0.05, 0) is 6.42 Å². The van der Waals surface area contributed by atoms with Crippen molar-refractivity contribution >= 4 is 15.7 Å². The molecule has 17 heavy (non-hydrogen) atoms. The van der Waals surface area contributed by atoms with Crippen molar-refractivity contribution in [1.29, 1.82) is 0 Å². The lowest BCUT2D eigenvalue weighted by Gasteiger charge is -2.02. The van der Waals surface area contributed by atoms with Crippen LogP contribution in [-0.4, -0.2) is 20.8 Å². The van der Waals surface area contributed by atoms with E-state index in [-0.39, 0.29) is 9.68 Å². The van der Waals surface area contributed by atoms with Gasteiger partial charge >= 0.3 is 5.97 Å². The molecule has 0 aromatic heterocycles. The Balaban J connectivity index is 2.91.